The molecule has 3 atom stereocenters. The predicted molar refractivity (Wildman–Crippen MR) is 132 cm³/mol. The fraction of sp³-hybridized carbons (Fsp3) is 0.600. The number of hydrogen-bond donors (Lipinski definition) is 2. The van der Waals surface area contributed by atoms with E-state index in [1.54, 1.807) is 0 Å². The number of aliphatic hydroxyl groups excluding tert-OH is 1. The van der Waals surface area contributed by atoms with Crippen LogP contribution in [0.2, 0.25) is 5.02 Å². The van der Waals surface area contributed by atoms with Gasteiger partial charge in [0.05, 0.1) is 28.6 Å². The standard InChI is InChI=1S/C25H31ClN4O2S/c26-18-7-5-16(6-8-18)17-9-13-30(14-10-17)24-27-21-19-3-1-4-20(19)33(32)22(21)23(28-24)29-25(15-31)11-2-12-25/h5-8,17,19-20,31H,1-4,9-15H2,(H,27,28,29)/t19-,20?,33+/m0/s1. The van der Waals surface area contributed by atoms with Crippen LogP contribution < -0.4 is 10.2 Å². The number of anilines is 2. The van der Waals surface area contributed by atoms with Crippen LogP contribution in [-0.4, -0.2) is 49.8 Å². The molecule has 6 rings (SSSR count). The number of nitrogens with one attached hydrogen (secondary N) is 1. The van der Waals surface area contributed by atoms with E-state index in [1.165, 1.54) is 5.56 Å². The Kier molecular flexibility index (Phi) is 5.62. The fourth-order valence-corrected chi connectivity index (χ4v) is 8.17. The Balaban J connectivity index is 1.29. The quantitative estimate of drug-likeness (QED) is 0.643. The van der Waals surface area contributed by atoms with Crippen molar-refractivity contribution in [3.05, 3.63) is 40.5 Å². The normalized spacial score (nSPS) is 28.3. The third-order valence-electron chi connectivity index (χ3n) is 8.28. The molecule has 2 aromatic rings. The first-order valence-electron chi connectivity index (χ1n) is 12.3. The number of piperidine rings is 1. The first-order chi connectivity index (χ1) is 16.1. The van der Waals surface area contributed by atoms with Gasteiger partial charge in [0, 0.05) is 29.3 Å². The predicted octanol–water partition coefficient (Wildman–Crippen LogP) is 4.60. The van der Waals surface area contributed by atoms with Gasteiger partial charge in [0.1, 0.15) is 10.7 Å². The van der Waals surface area contributed by atoms with Gasteiger partial charge in [0.25, 0.3) is 0 Å². The molecule has 2 aliphatic carbocycles. The van der Waals surface area contributed by atoms with Crippen LogP contribution in [0.4, 0.5) is 11.8 Å². The van der Waals surface area contributed by atoms with Crippen molar-refractivity contribution in [3.8, 4) is 0 Å². The molecule has 6 nitrogen and oxygen atoms in total. The zero-order valence-electron chi connectivity index (χ0n) is 18.8. The maximum Gasteiger partial charge on any atom is 0.227 e. The van der Waals surface area contributed by atoms with Gasteiger partial charge in [-0.1, -0.05) is 30.2 Å². The lowest BCUT2D eigenvalue weighted by atomic mass is 9.77. The first kappa shape index (κ1) is 21.8. The van der Waals surface area contributed by atoms with Crippen molar-refractivity contribution in [3.63, 3.8) is 0 Å². The van der Waals surface area contributed by atoms with Crippen LogP contribution in [-0.2, 0) is 10.8 Å². The molecule has 8 heteroatoms. The van der Waals surface area contributed by atoms with Gasteiger partial charge in [-0.05, 0) is 68.6 Å². The fourth-order valence-electron chi connectivity index (χ4n) is 6.10. The highest BCUT2D eigenvalue weighted by Crippen LogP contribution is 2.50. The second-order valence-corrected chi connectivity index (χ2v) is 12.2. The third-order valence-corrected chi connectivity index (χ3v) is 10.4. The molecule has 0 bridgehead atoms. The molecule has 1 aromatic carbocycles. The summed E-state index contributed by atoms with van der Waals surface area (Å²) in [6.45, 7) is 1.87. The van der Waals surface area contributed by atoms with E-state index in [9.17, 15) is 9.32 Å². The van der Waals surface area contributed by atoms with Gasteiger partial charge < -0.3 is 15.3 Å². The molecule has 3 heterocycles. The summed E-state index contributed by atoms with van der Waals surface area (Å²) in [6, 6.07) is 8.22. The lowest BCUT2D eigenvalue weighted by molar-refractivity contribution is 0.143. The van der Waals surface area contributed by atoms with E-state index in [-0.39, 0.29) is 23.3 Å². The molecule has 1 saturated heterocycles. The molecule has 4 aliphatic rings. The van der Waals surface area contributed by atoms with E-state index in [1.807, 2.05) is 12.1 Å². The number of nitrogens with zero attached hydrogens (tertiary/aromatic N) is 3. The molecule has 1 unspecified atom stereocenters. The van der Waals surface area contributed by atoms with Gasteiger partial charge in [-0.25, -0.2) is 4.98 Å². The van der Waals surface area contributed by atoms with Crippen LogP contribution in [0, 0.1) is 0 Å². The summed E-state index contributed by atoms with van der Waals surface area (Å²) >= 11 is 6.07. The lowest BCUT2D eigenvalue weighted by Gasteiger charge is -2.42. The van der Waals surface area contributed by atoms with Crippen LogP contribution in [0.25, 0.3) is 0 Å². The van der Waals surface area contributed by atoms with Crippen LogP contribution in [0.5, 0.6) is 0 Å². The third kappa shape index (κ3) is 3.76. The summed E-state index contributed by atoms with van der Waals surface area (Å²) in [7, 11) is -1.07. The minimum Gasteiger partial charge on any atom is -0.394 e. The summed E-state index contributed by atoms with van der Waals surface area (Å²) in [4.78, 5) is 13.1. The molecular weight excluding hydrogens is 456 g/mol. The lowest BCUT2D eigenvalue weighted by Crippen LogP contribution is -2.49. The second kappa shape index (κ2) is 8.51. The average molecular weight is 487 g/mol. The van der Waals surface area contributed by atoms with Crippen molar-refractivity contribution in [2.24, 2.45) is 0 Å². The largest absolute Gasteiger partial charge is 0.394 e. The highest BCUT2D eigenvalue weighted by atomic mass is 35.5. The molecule has 176 valence electrons. The van der Waals surface area contributed by atoms with Crippen LogP contribution in [0.3, 0.4) is 0 Å². The van der Waals surface area contributed by atoms with Gasteiger partial charge in [0.15, 0.2) is 0 Å². The van der Waals surface area contributed by atoms with Crippen molar-refractivity contribution in [1.29, 1.82) is 0 Å². The Labute approximate surface area is 202 Å². The van der Waals surface area contributed by atoms with Gasteiger partial charge in [-0.3, -0.25) is 4.21 Å². The zero-order valence-corrected chi connectivity index (χ0v) is 20.4. The van der Waals surface area contributed by atoms with Crippen molar-refractivity contribution in [1.82, 2.24) is 9.97 Å². The number of benzene rings is 1. The van der Waals surface area contributed by atoms with E-state index in [0.717, 1.165) is 86.0 Å². The molecule has 2 N–H and O–H groups in total. The first-order valence-corrected chi connectivity index (χ1v) is 13.9. The minimum absolute atomic E-state index is 0.0765. The topological polar surface area (TPSA) is 78.3 Å². The van der Waals surface area contributed by atoms with Gasteiger partial charge in [-0.2, -0.15) is 4.98 Å². The second-order valence-electron chi connectivity index (χ2n) is 10.2. The summed E-state index contributed by atoms with van der Waals surface area (Å²) < 4.78 is 13.4. The molecule has 1 aromatic heterocycles. The molecule has 0 spiro atoms. The van der Waals surface area contributed by atoms with E-state index in [0.29, 0.717) is 11.7 Å². The smallest absolute Gasteiger partial charge is 0.227 e. The summed E-state index contributed by atoms with van der Waals surface area (Å²) in [5, 5.41) is 14.5. The molecule has 33 heavy (non-hydrogen) atoms. The molecule has 0 radical (unpaired) electrons. The maximum absolute atomic E-state index is 13.4. The molecule has 0 amide bonds. The van der Waals surface area contributed by atoms with E-state index >= 15 is 0 Å². The summed E-state index contributed by atoms with van der Waals surface area (Å²) in [5.74, 6) is 2.25. The number of rotatable bonds is 5. The van der Waals surface area contributed by atoms with E-state index in [2.05, 4.69) is 22.3 Å². The summed E-state index contributed by atoms with van der Waals surface area (Å²) in [5.41, 5.74) is 2.01. The van der Waals surface area contributed by atoms with Crippen molar-refractivity contribution in [2.75, 3.05) is 29.9 Å². The van der Waals surface area contributed by atoms with Crippen molar-refractivity contribution >= 4 is 34.2 Å². The number of hydrogen-bond acceptors (Lipinski definition) is 6. The van der Waals surface area contributed by atoms with Gasteiger partial charge in [0.2, 0.25) is 5.95 Å². The highest BCUT2D eigenvalue weighted by Gasteiger charge is 2.47. The SMILES string of the molecule is O=[S@]1c2c(NC3(CO)CCC3)nc(N3CCC(c4ccc(Cl)cc4)CC3)nc2[C@H]2CCCC21. The molecule has 2 aliphatic heterocycles. The van der Waals surface area contributed by atoms with Crippen molar-refractivity contribution in [2.45, 2.75) is 78.9 Å². The minimum atomic E-state index is -1.07. The zero-order chi connectivity index (χ0) is 22.6. The monoisotopic (exact) mass is 486 g/mol. The maximum atomic E-state index is 13.4. The Bertz CT molecular complexity index is 1060. The number of fused-ring (bicyclic) bond motifs is 3. The van der Waals surface area contributed by atoms with Crippen LogP contribution in [0.15, 0.2) is 29.2 Å². The van der Waals surface area contributed by atoms with Crippen LogP contribution >= 0.6 is 11.6 Å². The number of halogens is 1. The molecule has 2 saturated carbocycles. The Morgan fingerprint density at radius 2 is 1.85 bits per heavy atom. The Hall–Kier alpha value is -1.70. The number of aliphatic hydroxyl groups is 1. The summed E-state index contributed by atoms with van der Waals surface area (Å²) in [6.07, 6.45) is 8.21. The van der Waals surface area contributed by atoms with Crippen LogP contribution in [0.1, 0.15) is 74.5 Å². The average Bonchev–Trinajstić information content (AvgIpc) is 3.40. The molecular formula is C25H31ClN4O2S. The van der Waals surface area contributed by atoms with E-state index < -0.39 is 10.8 Å². The van der Waals surface area contributed by atoms with E-state index in [4.69, 9.17) is 21.6 Å². The van der Waals surface area contributed by atoms with Crippen molar-refractivity contribution < 1.29 is 9.32 Å². The Morgan fingerprint density at radius 1 is 1.09 bits per heavy atom. The van der Waals surface area contributed by atoms with Gasteiger partial charge in [-0.15, -0.1) is 0 Å². The number of aromatic nitrogens is 2. The highest BCUT2D eigenvalue weighted by molar-refractivity contribution is 7.86. The molecule has 3 fully saturated rings. The Morgan fingerprint density at radius 3 is 2.52 bits per heavy atom. The van der Waals surface area contributed by atoms with Gasteiger partial charge >= 0.3 is 0 Å².